The molecule has 0 radical (unpaired) electrons. The topological polar surface area (TPSA) is 94.4 Å². The fourth-order valence-electron chi connectivity index (χ4n) is 5.29. The zero-order valence-electron chi connectivity index (χ0n) is 19.1. The predicted octanol–water partition coefficient (Wildman–Crippen LogP) is 2.86. The molecule has 1 unspecified atom stereocenters. The minimum absolute atomic E-state index is 0.0941. The van der Waals surface area contributed by atoms with Crippen molar-refractivity contribution >= 4 is 22.5 Å². The minimum atomic E-state index is -0.803. The zero-order chi connectivity index (χ0) is 23.0. The van der Waals surface area contributed by atoms with Gasteiger partial charge in [0.15, 0.2) is 0 Å². The second-order valence-corrected chi connectivity index (χ2v) is 9.64. The summed E-state index contributed by atoms with van der Waals surface area (Å²) in [6.45, 7) is 7.53. The summed E-state index contributed by atoms with van der Waals surface area (Å²) in [5, 5.41) is 14.8. The van der Waals surface area contributed by atoms with E-state index >= 15 is 4.39 Å². The molecule has 0 bridgehead atoms. The third-order valence-electron chi connectivity index (χ3n) is 7.05. The Morgan fingerprint density at radius 2 is 2.22 bits per heavy atom. The smallest absolute Gasteiger partial charge is 0.250 e. The molecule has 32 heavy (non-hydrogen) atoms. The molecule has 7 heteroatoms. The highest BCUT2D eigenvalue weighted by Gasteiger charge is 2.35. The van der Waals surface area contributed by atoms with Crippen LogP contribution in [0.4, 0.5) is 10.1 Å². The number of aromatic nitrogens is 1. The number of nitrogens with two attached hydrogens (primary N) is 1. The van der Waals surface area contributed by atoms with Gasteiger partial charge in [-0.1, -0.05) is 5.92 Å². The third-order valence-corrected chi connectivity index (χ3v) is 7.05. The van der Waals surface area contributed by atoms with E-state index in [2.05, 4.69) is 27.0 Å². The van der Waals surface area contributed by atoms with Crippen molar-refractivity contribution in [2.45, 2.75) is 64.5 Å². The molecule has 2 heterocycles. The van der Waals surface area contributed by atoms with Crippen LogP contribution in [0, 0.1) is 23.6 Å². The molecule has 1 aromatic heterocycles. The second-order valence-electron chi connectivity index (χ2n) is 9.64. The Morgan fingerprint density at radius 3 is 2.91 bits per heavy atom. The van der Waals surface area contributed by atoms with Crippen LogP contribution in [0.1, 0.15) is 61.6 Å². The normalized spacial score (nSPS) is 21.2. The van der Waals surface area contributed by atoms with Gasteiger partial charge in [0.25, 0.3) is 5.91 Å². The van der Waals surface area contributed by atoms with E-state index in [0.717, 1.165) is 48.9 Å². The van der Waals surface area contributed by atoms with Gasteiger partial charge in [-0.2, -0.15) is 0 Å². The molecule has 1 amide bonds. The van der Waals surface area contributed by atoms with Gasteiger partial charge in [-0.15, -0.1) is 5.92 Å². The maximum Gasteiger partial charge on any atom is 0.250 e. The van der Waals surface area contributed by atoms with Gasteiger partial charge in [-0.05, 0) is 70.4 Å². The summed E-state index contributed by atoms with van der Waals surface area (Å²) in [5.74, 6) is 4.97. The lowest BCUT2D eigenvalue weighted by atomic mass is 9.78. The number of amides is 1. The molecule has 4 rings (SSSR count). The van der Waals surface area contributed by atoms with Gasteiger partial charge in [-0.3, -0.25) is 4.79 Å². The van der Waals surface area contributed by atoms with Crippen molar-refractivity contribution in [2.75, 3.05) is 24.5 Å². The summed E-state index contributed by atoms with van der Waals surface area (Å²) >= 11 is 0. The van der Waals surface area contributed by atoms with Crippen LogP contribution in [0.2, 0.25) is 0 Å². The van der Waals surface area contributed by atoms with Crippen molar-refractivity contribution in [1.82, 2.24) is 10.3 Å². The molecule has 1 aromatic carbocycles. The van der Waals surface area contributed by atoms with E-state index in [1.165, 1.54) is 6.07 Å². The number of aryl methyl sites for hydroxylation is 1. The number of benzene rings is 1. The molecule has 2 aromatic rings. The highest BCUT2D eigenvalue weighted by molar-refractivity contribution is 6.10. The van der Waals surface area contributed by atoms with Gasteiger partial charge in [0.1, 0.15) is 5.82 Å². The van der Waals surface area contributed by atoms with Gasteiger partial charge < -0.3 is 26.0 Å². The van der Waals surface area contributed by atoms with Crippen molar-refractivity contribution in [3.8, 4) is 11.8 Å². The van der Waals surface area contributed by atoms with Crippen LogP contribution in [0.25, 0.3) is 10.9 Å². The number of anilines is 1. The number of hydrogen-bond donors (Lipinski definition) is 4. The van der Waals surface area contributed by atoms with E-state index in [1.54, 1.807) is 0 Å². The summed E-state index contributed by atoms with van der Waals surface area (Å²) in [7, 11) is 0. The molecular formula is C25H33FN4O2. The molecule has 172 valence electrons. The number of primary amides is 1. The van der Waals surface area contributed by atoms with Crippen LogP contribution in [0.3, 0.4) is 0 Å². The number of carbonyl (C=O) groups excluding carboxylic acids is 1. The molecule has 2 atom stereocenters. The van der Waals surface area contributed by atoms with Gasteiger partial charge >= 0.3 is 0 Å². The zero-order valence-corrected chi connectivity index (χ0v) is 19.1. The third kappa shape index (κ3) is 4.22. The number of H-pyrrole nitrogens is 1. The quantitative estimate of drug-likeness (QED) is 0.538. The van der Waals surface area contributed by atoms with E-state index in [-0.39, 0.29) is 17.5 Å². The second kappa shape index (κ2) is 8.76. The van der Waals surface area contributed by atoms with Gasteiger partial charge in [0.2, 0.25) is 0 Å². The predicted molar refractivity (Wildman–Crippen MR) is 125 cm³/mol. The summed E-state index contributed by atoms with van der Waals surface area (Å²) in [6.07, 6.45) is 4.16. The van der Waals surface area contributed by atoms with Crippen LogP contribution in [-0.4, -0.2) is 47.3 Å². The van der Waals surface area contributed by atoms with Crippen molar-refractivity contribution in [2.24, 2.45) is 11.7 Å². The fraction of sp³-hybridized carbons (Fsp3) is 0.560. The van der Waals surface area contributed by atoms with Gasteiger partial charge in [0.05, 0.1) is 28.9 Å². The summed E-state index contributed by atoms with van der Waals surface area (Å²) < 4.78 is 15.5. The van der Waals surface area contributed by atoms with Crippen molar-refractivity contribution in [1.29, 1.82) is 0 Å². The number of carbonyl (C=O) groups is 1. The highest BCUT2D eigenvalue weighted by atomic mass is 19.1. The van der Waals surface area contributed by atoms with Gasteiger partial charge in [0, 0.05) is 30.2 Å². The minimum Gasteiger partial charge on any atom is -0.390 e. The fourth-order valence-corrected chi connectivity index (χ4v) is 5.29. The van der Waals surface area contributed by atoms with Gasteiger partial charge in [-0.25, -0.2) is 4.39 Å². The number of aliphatic hydroxyl groups is 1. The lowest BCUT2D eigenvalue weighted by Gasteiger charge is -2.36. The number of nitrogens with one attached hydrogen (secondary N) is 2. The molecular weight excluding hydrogens is 407 g/mol. The van der Waals surface area contributed by atoms with Crippen molar-refractivity contribution in [3.63, 3.8) is 0 Å². The Kier molecular flexibility index (Phi) is 6.19. The van der Waals surface area contributed by atoms with E-state index in [0.29, 0.717) is 30.7 Å². The maximum atomic E-state index is 15.5. The molecule has 1 fully saturated rings. The number of aromatic amines is 1. The first-order valence-corrected chi connectivity index (χ1v) is 11.5. The molecule has 0 saturated carbocycles. The first-order valence-electron chi connectivity index (χ1n) is 11.5. The highest BCUT2D eigenvalue weighted by Crippen LogP contribution is 2.42. The molecule has 1 aliphatic carbocycles. The molecule has 0 spiro atoms. The Morgan fingerprint density at radius 1 is 1.44 bits per heavy atom. The maximum absolute atomic E-state index is 15.5. The number of nitrogens with zero attached hydrogens (tertiary/aromatic N) is 1. The average molecular weight is 441 g/mol. The van der Waals surface area contributed by atoms with E-state index in [1.807, 2.05) is 20.8 Å². The molecule has 1 saturated heterocycles. The standard InChI is InChI=1S/C25H33FN4O2/c1-4-5-10-28-16-7-6-11-30(14-16)23-19(26)13-18(24(27)31)22-21(23)17-9-8-15(25(2,3)32)12-20(17)29-22/h13,15-16,28-29,32H,6-12,14H2,1-3H3,(H2,27,31)/t15?,16-/m0/s1. The lowest BCUT2D eigenvalue weighted by molar-refractivity contribution is 0.0107. The summed E-state index contributed by atoms with van der Waals surface area (Å²) in [4.78, 5) is 17.6. The Bertz CT molecular complexity index is 1090. The number of piperidine rings is 1. The first-order chi connectivity index (χ1) is 15.2. The first kappa shape index (κ1) is 22.6. The SMILES string of the molecule is CC#CCN[C@H]1CCCN(c2c(F)cc(C(N)=O)c3[nH]c4c(c23)CCC(C(C)(C)O)C4)C1. The van der Waals surface area contributed by atoms with Crippen LogP contribution in [0.5, 0.6) is 0 Å². The van der Waals surface area contributed by atoms with Crippen molar-refractivity contribution in [3.05, 3.63) is 28.7 Å². The molecule has 1 aliphatic heterocycles. The average Bonchev–Trinajstić information content (AvgIpc) is 3.11. The number of fused-ring (bicyclic) bond motifs is 3. The Hall–Kier alpha value is -2.56. The molecule has 6 nitrogen and oxygen atoms in total. The monoisotopic (exact) mass is 440 g/mol. The Balaban J connectivity index is 1.78. The number of halogens is 1. The lowest BCUT2D eigenvalue weighted by Crippen LogP contribution is -2.46. The number of rotatable bonds is 5. The Labute approximate surface area is 188 Å². The van der Waals surface area contributed by atoms with E-state index < -0.39 is 17.3 Å². The number of hydrogen-bond acceptors (Lipinski definition) is 4. The van der Waals surface area contributed by atoms with E-state index in [9.17, 15) is 9.90 Å². The molecule has 2 aliphatic rings. The van der Waals surface area contributed by atoms with Crippen LogP contribution < -0.4 is 16.0 Å². The molecule has 5 N–H and O–H groups in total. The largest absolute Gasteiger partial charge is 0.390 e. The summed E-state index contributed by atoms with van der Waals surface area (Å²) in [6, 6.07) is 1.50. The summed E-state index contributed by atoms with van der Waals surface area (Å²) in [5.41, 5.74) is 8.18. The van der Waals surface area contributed by atoms with Crippen LogP contribution in [0.15, 0.2) is 6.07 Å². The van der Waals surface area contributed by atoms with Crippen LogP contribution in [-0.2, 0) is 12.8 Å². The van der Waals surface area contributed by atoms with E-state index in [4.69, 9.17) is 5.73 Å². The van der Waals surface area contributed by atoms with Crippen LogP contribution >= 0.6 is 0 Å². The van der Waals surface area contributed by atoms with Crippen molar-refractivity contribution < 1.29 is 14.3 Å².